The van der Waals surface area contributed by atoms with Crippen LogP contribution >= 0.6 is 22.6 Å². The molecule has 1 aliphatic carbocycles. The summed E-state index contributed by atoms with van der Waals surface area (Å²) in [5.41, 5.74) is 0. The van der Waals surface area contributed by atoms with E-state index in [9.17, 15) is 0 Å². The second-order valence-corrected chi connectivity index (χ2v) is 5.54. The Labute approximate surface area is 110 Å². The van der Waals surface area contributed by atoms with Crippen LogP contribution in [0.5, 0.6) is 6.01 Å². The van der Waals surface area contributed by atoms with Crippen LogP contribution in [-0.4, -0.2) is 16.1 Å². The number of aromatic nitrogens is 2. The van der Waals surface area contributed by atoms with Crippen molar-refractivity contribution in [2.75, 3.05) is 0 Å². The van der Waals surface area contributed by atoms with Gasteiger partial charge in [0.1, 0.15) is 6.10 Å². The molecule has 16 heavy (non-hydrogen) atoms. The second-order valence-electron chi connectivity index (χ2n) is 4.29. The first-order valence-electron chi connectivity index (χ1n) is 5.93. The highest BCUT2D eigenvalue weighted by molar-refractivity contribution is 14.1. The highest BCUT2D eigenvalue weighted by Gasteiger charge is 2.25. The monoisotopic (exact) mass is 332 g/mol. The van der Waals surface area contributed by atoms with Gasteiger partial charge >= 0.3 is 6.01 Å². The standard InChI is InChI=1S/C12H17IN2O/c1-2-9-5-3-4-6-11(9)16-12-14-7-10(13)8-15-12/h7-9,11H,2-6H2,1H3. The van der Waals surface area contributed by atoms with Crippen LogP contribution in [-0.2, 0) is 0 Å². The van der Waals surface area contributed by atoms with Crippen molar-refractivity contribution < 1.29 is 4.74 Å². The minimum Gasteiger partial charge on any atom is -0.460 e. The summed E-state index contributed by atoms with van der Waals surface area (Å²) in [6.45, 7) is 2.24. The molecular formula is C12H17IN2O. The van der Waals surface area contributed by atoms with Crippen molar-refractivity contribution in [1.29, 1.82) is 0 Å². The molecule has 1 aliphatic rings. The Hall–Kier alpha value is -0.390. The van der Waals surface area contributed by atoms with E-state index in [2.05, 4.69) is 39.5 Å². The lowest BCUT2D eigenvalue weighted by Gasteiger charge is -2.30. The van der Waals surface area contributed by atoms with Gasteiger partial charge in [-0.1, -0.05) is 13.3 Å². The molecule has 0 saturated heterocycles. The Morgan fingerprint density at radius 1 is 1.31 bits per heavy atom. The highest BCUT2D eigenvalue weighted by Crippen LogP contribution is 2.29. The van der Waals surface area contributed by atoms with Crippen molar-refractivity contribution in [2.45, 2.75) is 45.1 Å². The molecule has 1 aromatic rings. The first-order chi connectivity index (χ1) is 7.79. The number of rotatable bonds is 3. The van der Waals surface area contributed by atoms with E-state index in [0.717, 1.165) is 9.99 Å². The van der Waals surface area contributed by atoms with Crippen molar-refractivity contribution in [1.82, 2.24) is 9.97 Å². The molecule has 0 spiro atoms. The van der Waals surface area contributed by atoms with Crippen LogP contribution in [0.4, 0.5) is 0 Å². The summed E-state index contributed by atoms with van der Waals surface area (Å²) in [5.74, 6) is 0.677. The maximum Gasteiger partial charge on any atom is 0.316 e. The molecule has 88 valence electrons. The van der Waals surface area contributed by atoms with Crippen molar-refractivity contribution in [3.05, 3.63) is 16.0 Å². The van der Waals surface area contributed by atoms with Gasteiger partial charge in [-0.15, -0.1) is 0 Å². The fourth-order valence-electron chi connectivity index (χ4n) is 2.29. The molecule has 0 bridgehead atoms. The normalized spacial score (nSPS) is 25.4. The molecule has 0 amide bonds. The second kappa shape index (κ2) is 5.80. The van der Waals surface area contributed by atoms with E-state index in [1.807, 2.05) is 0 Å². The molecule has 1 saturated carbocycles. The molecule has 2 atom stereocenters. The van der Waals surface area contributed by atoms with Gasteiger partial charge in [0, 0.05) is 16.0 Å². The van der Waals surface area contributed by atoms with Gasteiger partial charge in [-0.25, -0.2) is 9.97 Å². The van der Waals surface area contributed by atoms with Crippen molar-refractivity contribution in [3.8, 4) is 6.01 Å². The Bertz CT molecular complexity index is 328. The highest BCUT2D eigenvalue weighted by atomic mass is 127. The van der Waals surface area contributed by atoms with E-state index in [0.29, 0.717) is 18.0 Å². The number of hydrogen-bond donors (Lipinski definition) is 0. The lowest BCUT2D eigenvalue weighted by Crippen LogP contribution is -2.30. The molecule has 1 aromatic heterocycles. The lowest BCUT2D eigenvalue weighted by atomic mass is 9.85. The molecule has 0 radical (unpaired) electrons. The zero-order chi connectivity index (χ0) is 11.4. The van der Waals surface area contributed by atoms with Gasteiger partial charge in [0.25, 0.3) is 0 Å². The first kappa shape index (κ1) is 12.1. The van der Waals surface area contributed by atoms with Crippen LogP contribution in [0.3, 0.4) is 0 Å². The van der Waals surface area contributed by atoms with Crippen molar-refractivity contribution in [3.63, 3.8) is 0 Å². The Morgan fingerprint density at radius 2 is 2.00 bits per heavy atom. The molecule has 0 aromatic carbocycles. The molecule has 1 heterocycles. The molecule has 2 unspecified atom stereocenters. The molecule has 2 rings (SSSR count). The maximum atomic E-state index is 5.89. The van der Waals surface area contributed by atoms with Gasteiger partial charge in [-0.2, -0.15) is 0 Å². The quantitative estimate of drug-likeness (QED) is 0.796. The first-order valence-corrected chi connectivity index (χ1v) is 7.01. The van der Waals surface area contributed by atoms with Crippen molar-refractivity contribution >= 4 is 22.6 Å². The smallest absolute Gasteiger partial charge is 0.316 e. The number of nitrogens with zero attached hydrogens (tertiary/aromatic N) is 2. The zero-order valence-electron chi connectivity index (χ0n) is 9.53. The molecule has 1 fully saturated rings. The summed E-state index contributed by atoms with van der Waals surface area (Å²) in [6, 6.07) is 0.533. The summed E-state index contributed by atoms with van der Waals surface area (Å²) in [7, 11) is 0. The van der Waals surface area contributed by atoms with E-state index in [1.54, 1.807) is 12.4 Å². The lowest BCUT2D eigenvalue weighted by molar-refractivity contribution is 0.0808. The molecule has 0 N–H and O–H groups in total. The Balaban J connectivity index is 1.99. The minimum atomic E-state index is 0.318. The van der Waals surface area contributed by atoms with Gasteiger partial charge in [0.15, 0.2) is 0 Å². The van der Waals surface area contributed by atoms with Crippen LogP contribution in [0.15, 0.2) is 12.4 Å². The number of halogens is 1. The summed E-state index contributed by atoms with van der Waals surface area (Å²) < 4.78 is 6.93. The topological polar surface area (TPSA) is 35.0 Å². The molecule has 0 aliphatic heterocycles. The third-order valence-corrected chi connectivity index (χ3v) is 3.77. The van der Waals surface area contributed by atoms with E-state index in [4.69, 9.17) is 4.74 Å². The summed E-state index contributed by atoms with van der Waals surface area (Å²) in [6.07, 6.45) is 10.1. The van der Waals surface area contributed by atoms with Crippen LogP contribution in [0.1, 0.15) is 39.0 Å². The predicted molar refractivity (Wildman–Crippen MR) is 71.4 cm³/mol. The Morgan fingerprint density at radius 3 is 2.69 bits per heavy atom. The van der Waals surface area contributed by atoms with Crippen LogP contribution in [0, 0.1) is 9.49 Å². The molecular weight excluding hydrogens is 315 g/mol. The fraction of sp³-hybridized carbons (Fsp3) is 0.667. The van der Waals surface area contributed by atoms with E-state index in [-0.39, 0.29) is 0 Å². The van der Waals surface area contributed by atoms with Crippen LogP contribution in [0.25, 0.3) is 0 Å². The average molecular weight is 332 g/mol. The molecule has 4 heteroatoms. The third kappa shape index (κ3) is 3.06. The number of hydrogen-bond acceptors (Lipinski definition) is 3. The minimum absolute atomic E-state index is 0.318. The van der Waals surface area contributed by atoms with Crippen LogP contribution in [0.2, 0.25) is 0 Å². The van der Waals surface area contributed by atoms with Gasteiger partial charge < -0.3 is 4.74 Å². The largest absolute Gasteiger partial charge is 0.460 e. The van der Waals surface area contributed by atoms with Crippen LogP contribution < -0.4 is 4.74 Å². The SMILES string of the molecule is CCC1CCCCC1Oc1ncc(I)cn1. The van der Waals surface area contributed by atoms with Gasteiger partial charge in [-0.3, -0.25) is 0 Å². The van der Waals surface area contributed by atoms with E-state index >= 15 is 0 Å². The summed E-state index contributed by atoms with van der Waals surface area (Å²) >= 11 is 2.20. The van der Waals surface area contributed by atoms with Crippen molar-refractivity contribution in [2.24, 2.45) is 5.92 Å². The number of ether oxygens (including phenoxy) is 1. The fourth-order valence-corrected chi connectivity index (χ4v) is 2.57. The third-order valence-electron chi connectivity index (χ3n) is 3.22. The average Bonchev–Trinajstić information content (AvgIpc) is 2.33. The summed E-state index contributed by atoms with van der Waals surface area (Å²) in [5, 5.41) is 0. The predicted octanol–water partition coefficient (Wildman–Crippen LogP) is 3.43. The Kier molecular flexibility index (Phi) is 4.37. The van der Waals surface area contributed by atoms with E-state index < -0.39 is 0 Å². The van der Waals surface area contributed by atoms with E-state index in [1.165, 1.54) is 25.7 Å². The maximum absolute atomic E-state index is 5.89. The summed E-state index contributed by atoms with van der Waals surface area (Å²) in [4.78, 5) is 8.40. The van der Waals surface area contributed by atoms with Gasteiger partial charge in [0.05, 0.1) is 0 Å². The van der Waals surface area contributed by atoms with Gasteiger partial charge in [-0.05, 0) is 54.2 Å². The van der Waals surface area contributed by atoms with Gasteiger partial charge in [0.2, 0.25) is 0 Å². The molecule has 3 nitrogen and oxygen atoms in total. The zero-order valence-corrected chi connectivity index (χ0v) is 11.7.